The van der Waals surface area contributed by atoms with Crippen molar-refractivity contribution in [1.82, 2.24) is 25.8 Å². The molecule has 6 atom stereocenters. The Kier molecular flexibility index (Phi) is 33.6. The quantitative estimate of drug-likeness (QED) is 0.0236. The molecule has 4 aromatic carbocycles. The molecule has 3 unspecified atom stereocenters. The van der Waals surface area contributed by atoms with E-state index >= 15 is 0 Å². The van der Waals surface area contributed by atoms with Crippen molar-refractivity contribution in [2.75, 3.05) is 152 Å². The fourth-order valence-electron chi connectivity index (χ4n) is 13.9. The first-order valence-electron chi connectivity index (χ1n) is 40.0. The Hall–Kier alpha value is -10.7. The summed E-state index contributed by atoms with van der Waals surface area (Å²) in [6.07, 6.45) is 24.2. The van der Waals surface area contributed by atoms with Gasteiger partial charge in [-0.15, -0.1) is 0 Å². The van der Waals surface area contributed by atoms with Gasteiger partial charge in [-0.3, -0.25) is 48.3 Å². The van der Waals surface area contributed by atoms with Gasteiger partial charge in [-0.2, -0.15) is 0 Å². The van der Waals surface area contributed by atoms with Gasteiger partial charge in [-0.1, -0.05) is 81.0 Å². The van der Waals surface area contributed by atoms with Gasteiger partial charge in [-0.05, 0) is 89.9 Å². The summed E-state index contributed by atoms with van der Waals surface area (Å²) in [5.74, 6) is -0.293. The number of allylic oxidation sites excluding steroid dienone is 8. The highest BCUT2D eigenvalue weighted by atomic mass is 16.7. The molecule has 4 N–H and O–H groups in total. The van der Waals surface area contributed by atoms with Crippen LogP contribution >= 0.6 is 0 Å². The van der Waals surface area contributed by atoms with Crippen molar-refractivity contribution >= 4 is 87.6 Å². The number of ketones is 2. The molecule has 4 aromatic rings. The lowest BCUT2D eigenvalue weighted by molar-refractivity contribution is -0.132. The van der Waals surface area contributed by atoms with Gasteiger partial charge < -0.3 is 97.4 Å². The van der Waals surface area contributed by atoms with Crippen LogP contribution in [-0.4, -0.2) is 240 Å². The number of carbonyl (C=O) groups is 8. The number of anilines is 1. The lowest BCUT2D eigenvalue weighted by Gasteiger charge is -2.24. The number of Topliss-reactive ketones (excluding diaryl/α,β-unsaturated/α-hetero) is 2. The summed E-state index contributed by atoms with van der Waals surface area (Å²) in [6, 6.07) is 17.1. The van der Waals surface area contributed by atoms with Gasteiger partial charge in [0, 0.05) is 87.7 Å². The zero-order valence-corrected chi connectivity index (χ0v) is 67.0. The van der Waals surface area contributed by atoms with Gasteiger partial charge in [-0.25, -0.2) is 0 Å². The van der Waals surface area contributed by atoms with E-state index in [0.29, 0.717) is 207 Å². The van der Waals surface area contributed by atoms with Crippen molar-refractivity contribution in [3.05, 3.63) is 149 Å². The van der Waals surface area contributed by atoms with Gasteiger partial charge in [0.05, 0.1) is 180 Å². The molecule has 0 aromatic heterocycles. The van der Waals surface area contributed by atoms with Gasteiger partial charge >= 0.3 is 0 Å². The number of nitrogens with zero attached hydrogens (tertiary/aromatic N) is 4. The molecule has 1 fully saturated rings. The number of unbranched alkanes of at least 4 members (excludes halogenated alkanes) is 1. The van der Waals surface area contributed by atoms with Crippen LogP contribution in [0.25, 0.3) is 11.1 Å². The molecule has 7 aliphatic rings. The fraction of sp³-hybridized carbons (Fsp3) is 0.471. The maximum absolute atomic E-state index is 14.2. The van der Waals surface area contributed by atoms with E-state index in [2.05, 4.69) is 21.3 Å². The average Bonchev–Trinajstić information content (AvgIpc) is 1.65. The zero-order chi connectivity index (χ0) is 82.3. The van der Waals surface area contributed by atoms with Crippen LogP contribution in [0.1, 0.15) is 110 Å². The first kappa shape index (κ1) is 87.1. The van der Waals surface area contributed by atoms with Crippen LogP contribution in [0.3, 0.4) is 0 Å². The van der Waals surface area contributed by atoms with E-state index in [0.717, 1.165) is 27.8 Å². The topological polar surface area (TPSA) is 345 Å². The minimum atomic E-state index is -0.946. The minimum Gasteiger partial charge on any atom is -0.493 e. The number of methoxy groups -OCH3 is 2. The molecule has 0 saturated heterocycles. The summed E-state index contributed by atoms with van der Waals surface area (Å²) >= 11 is 0. The summed E-state index contributed by atoms with van der Waals surface area (Å²) in [5, 5.41) is 11.2. The van der Waals surface area contributed by atoms with E-state index in [-0.39, 0.29) is 99.3 Å². The largest absolute Gasteiger partial charge is 0.493 e. The number of amides is 6. The predicted molar refractivity (Wildman–Crippen MR) is 435 cm³/mol. The van der Waals surface area contributed by atoms with Crippen LogP contribution in [0.4, 0.5) is 17.1 Å². The first-order valence-corrected chi connectivity index (χ1v) is 40.0. The van der Waals surface area contributed by atoms with Crippen LogP contribution in [0.5, 0.6) is 34.5 Å². The Morgan fingerprint density at radius 1 is 0.513 bits per heavy atom. The normalized spacial score (nSPS) is 18.1. The van der Waals surface area contributed by atoms with E-state index in [1.165, 1.54) is 14.2 Å². The van der Waals surface area contributed by atoms with E-state index < -0.39 is 35.7 Å². The molecule has 1 saturated carbocycles. The molecule has 6 amide bonds. The fourth-order valence-corrected chi connectivity index (χ4v) is 13.9. The second-order valence-electron chi connectivity index (χ2n) is 28.8. The predicted octanol–water partition coefficient (Wildman–Crippen LogP) is 9.39. The van der Waals surface area contributed by atoms with Gasteiger partial charge in [0.15, 0.2) is 40.3 Å². The number of carbonyl (C=O) groups excluding carboxylic acids is 8. The second-order valence-corrected chi connectivity index (χ2v) is 28.8. The molecular formula is C87H106N8O22. The number of fused-ring (bicyclic) bond motifs is 5. The Morgan fingerprint density at radius 2 is 1.03 bits per heavy atom. The van der Waals surface area contributed by atoms with E-state index in [9.17, 15) is 38.4 Å². The molecule has 5 aliphatic heterocycles. The van der Waals surface area contributed by atoms with Crippen molar-refractivity contribution in [2.45, 2.75) is 103 Å². The molecule has 30 nitrogen and oxygen atoms in total. The summed E-state index contributed by atoms with van der Waals surface area (Å²) in [4.78, 5) is 119. The average molecular weight is 1620 g/mol. The number of hydrogen-bond acceptors (Lipinski definition) is 24. The Labute approximate surface area is 681 Å². The zero-order valence-electron chi connectivity index (χ0n) is 67.0. The van der Waals surface area contributed by atoms with Gasteiger partial charge in [0.1, 0.15) is 17.9 Å². The third-order valence-electron chi connectivity index (χ3n) is 20.2. The summed E-state index contributed by atoms with van der Waals surface area (Å²) in [6.45, 7) is 11.9. The number of benzene rings is 4. The summed E-state index contributed by atoms with van der Waals surface area (Å²) in [5.41, 5.74) is 6.62. The summed E-state index contributed by atoms with van der Waals surface area (Å²) < 4.78 is 79.3. The highest BCUT2D eigenvalue weighted by molar-refractivity contribution is 6.11. The maximum atomic E-state index is 14.2. The molecule has 30 heteroatoms. The van der Waals surface area contributed by atoms with Crippen LogP contribution in [0.15, 0.2) is 137 Å². The number of hydrogen-bond donors (Lipinski definition) is 4. The standard InChI is InChI=1S/C87H106N8O22/c1-57(2)82(93-81(98)24-28-106-30-32-108-34-36-110-38-40-112-42-43-113-41-39-111-37-35-109-33-31-107-29-25-88-80(97)17-12-11-16-67-73(96)47-68(83(67)99)60-14-9-7-6-8-10-15-60)85(101)91-58(3)84(100)92-64-21-18-59(19-22-64)62-44-65-52-89-71-50-78(75(104-4)48-69(71)86(102)94(65)54-62)114-26-13-27-115-79-51-72-70(49-76(79)105-5)87(103)95-55-63(45-66(95)53-90-72)61-20-23-74-77(46-61)117-56-116-74/h6-10,14-15,18-23,46,48-55,57-58,65-68,82H,11-13,16-17,24-45,47,56H2,1-5H3,(H,88,97)(H,91,101)(H,92,100)(H,93,98)/t58-,65-,66-,67?,68?,82?/m0/s1. The Morgan fingerprint density at radius 3 is 1.60 bits per heavy atom. The molecule has 626 valence electrons. The molecule has 5 heterocycles. The third kappa shape index (κ3) is 25.2. The van der Waals surface area contributed by atoms with Crippen molar-refractivity contribution < 1.29 is 105 Å². The van der Waals surface area contributed by atoms with E-state index in [1.54, 1.807) is 79.4 Å². The minimum absolute atomic E-state index is 0.0108. The van der Waals surface area contributed by atoms with Crippen molar-refractivity contribution in [3.8, 4) is 34.5 Å². The van der Waals surface area contributed by atoms with E-state index in [1.807, 2.05) is 85.3 Å². The molecule has 0 spiro atoms. The third-order valence-corrected chi connectivity index (χ3v) is 20.2. The Bertz CT molecular complexity index is 4380. The summed E-state index contributed by atoms with van der Waals surface area (Å²) in [7, 11) is 3.02. The molecule has 0 radical (unpaired) electrons. The Balaban J connectivity index is 0.475. The molecule has 117 heavy (non-hydrogen) atoms. The smallest absolute Gasteiger partial charge is 0.260 e. The molecule has 11 rings (SSSR count). The second kappa shape index (κ2) is 45.1. The number of ether oxygens (including phenoxy) is 14. The van der Waals surface area contributed by atoms with Crippen LogP contribution in [-0.2, 0) is 66.7 Å². The van der Waals surface area contributed by atoms with E-state index in [4.69, 9.17) is 76.3 Å². The van der Waals surface area contributed by atoms with Crippen LogP contribution in [0, 0.1) is 17.8 Å². The van der Waals surface area contributed by atoms with Crippen molar-refractivity contribution in [2.24, 2.45) is 27.7 Å². The van der Waals surface area contributed by atoms with Gasteiger partial charge in [0.2, 0.25) is 30.4 Å². The lowest BCUT2D eigenvalue weighted by atomic mass is 9.91. The van der Waals surface area contributed by atoms with Crippen molar-refractivity contribution in [1.29, 1.82) is 0 Å². The maximum Gasteiger partial charge on any atom is 0.260 e. The molecular weight excluding hydrogens is 1510 g/mol. The molecule has 2 aliphatic carbocycles. The van der Waals surface area contributed by atoms with Crippen LogP contribution in [0.2, 0.25) is 0 Å². The monoisotopic (exact) mass is 1610 g/mol. The van der Waals surface area contributed by atoms with Crippen molar-refractivity contribution in [3.63, 3.8) is 0 Å². The number of rotatable bonds is 49. The van der Waals surface area contributed by atoms with Crippen LogP contribution < -0.4 is 49.7 Å². The highest BCUT2D eigenvalue weighted by Gasteiger charge is 2.42. The first-order chi connectivity index (χ1) is 57.0. The SMILES string of the molecule is COc1cc2c(cc1OCCCOc1cc3c(cc1OC)C(=O)N1C=C(c4ccc5c(c4)OCO5)C[C@H]1C=N3)N=C[C@@H]1CC(c3ccc(NC(=O)[C@H](C)NC(=O)C(NC(=O)CCOCCOCCOCCOCCOCCOCCOCCOCCNC(=O)CCCCC4C(=O)CC(C5=CC=CC=CC=C5)C4=O)C(C)C)cc3)=CN1C2=O. The lowest BCUT2D eigenvalue weighted by Crippen LogP contribution is -2.53. The van der Waals surface area contributed by atoms with Gasteiger partial charge in [0.25, 0.3) is 11.8 Å². The molecule has 0 bridgehead atoms. The number of aliphatic imine (C=N–C) groups is 2. The number of nitrogens with one attached hydrogen (secondary N) is 4. The highest BCUT2D eigenvalue weighted by Crippen LogP contribution is 2.44.